The third kappa shape index (κ3) is 2.80. The monoisotopic (exact) mass is 360 g/mol. The summed E-state index contributed by atoms with van der Waals surface area (Å²) in [5, 5.41) is 6.18. The van der Waals surface area contributed by atoms with Crippen molar-refractivity contribution in [1.82, 2.24) is 14.6 Å². The Morgan fingerprint density at radius 2 is 2.21 bits per heavy atom. The van der Waals surface area contributed by atoms with Crippen LogP contribution >= 0.6 is 22.9 Å². The maximum absolute atomic E-state index is 12.0. The molecule has 24 heavy (non-hydrogen) atoms. The third-order valence-electron chi connectivity index (χ3n) is 4.28. The van der Waals surface area contributed by atoms with Gasteiger partial charge in [0.1, 0.15) is 5.01 Å². The molecule has 0 saturated carbocycles. The van der Waals surface area contributed by atoms with Crippen LogP contribution < -0.4 is 10.5 Å². The molecule has 0 amide bonds. The second kappa shape index (κ2) is 6.18. The molecule has 0 fully saturated rings. The first-order chi connectivity index (χ1) is 11.6. The summed E-state index contributed by atoms with van der Waals surface area (Å²) in [6, 6.07) is 7.58. The molecule has 0 bridgehead atoms. The zero-order chi connectivity index (χ0) is 16.7. The summed E-state index contributed by atoms with van der Waals surface area (Å²) in [4.78, 5) is 19.4. The predicted molar refractivity (Wildman–Crippen MR) is 97.3 cm³/mol. The van der Waals surface area contributed by atoms with Gasteiger partial charge in [0.25, 0.3) is 5.56 Å². The molecule has 0 radical (unpaired) electrons. The van der Waals surface area contributed by atoms with Crippen molar-refractivity contribution in [2.45, 2.75) is 32.7 Å². The number of rotatable bonds is 2. The first-order valence-corrected chi connectivity index (χ1v) is 9.20. The van der Waals surface area contributed by atoms with Gasteiger partial charge in [-0.05, 0) is 43.9 Å². The van der Waals surface area contributed by atoms with Crippen molar-refractivity contribution in [3.05, 3.63) is 55.9 Å². The highest BCUT2D eigenvalue weighted by atomic mass is 35.5. The molecule has 2 aromatic heterocycles. The summed E-state index contributed by atoms with van der Waals surface area (Å²) >= 11 is 7.86. The Kier molecular flexibility index (Phi) is 4.02. The average Bonchev–Trinajstić information content (AvgIpc) is 2.82. The van der Waals surface area contributed by atoms with Gasteiger partial charge in [0.15, 0.2) is 0 Å². The molecule has 0 atom stereocenters. The molecule has 1 aromatic carbocycles. The smallest absolute Gasteiger partial charge is 0.275 e. The summed E-state index contributed by atoms with van der Waals surface area (Å²) in [6.45, 7) is 3.46. The standard InChI is InChI=1S/C17H17ClN4OS/c1-11-9-16(23)22-17(19-11)24-15(20-22)10-21-8-3-2-5-12-13(18)6-4-7-14(12)21/h4,6-7,9H,2-3,5,8,10H2,1H3. The van der Waals surface area contributed by atoms with Crippen LogP contribution in [0.25, 0.3) is 4.96 Å². The number of aryl methyl sites for hydroxylation is 1. The zero-order valence-electron chi connectivity index (χ0n) is 13.3. The van der Waals surface area contributed by atoms with E-state index in [4.69, 9.17) is 11.6 Å². The van der Waals surface area contributed by atoms with E-state index in [9.17, 15) is 4.79 Å². The van der Waals surface area contributed by atoms with Gasteiger partial charge in [-0.1, -0.05) is 29.0 Å². The minimum atomic E-state index is -0.126. The van der Waals surface area contributed by atoms with Crippen LogP contribution in [0.1, 0.15) is 29.1 Å². The second-order valence-electron chi connectivity index (χ2n) is 6.04. The van der Waals surface area contributed by atoms with E-state index in [2.05, 4.69) is 21.0 Å². The predicted octanol–water partition coefficient (Wildman–Crippen LogP) is 3.46. The highest BCUT2D eigenvalue weighted by Crippen LogP contribution is 2.33. The lowest BCUT2D eigenvalue weighted by atomic mass is 10.1. The molecule has 3 aromatic rings. The second-order valence-corrected chi connectivity index (χ2v) is 7.49. The van der Waals surface area contributed by atoms with E-state index in [1.807, 2.05) is 19.1 Å². The van der Waals surface area contributed by atoms with Gasteiger partial charge in [-0.3, -0.25) is 4.79 Å². The molecule has 0 spiro atoms. The molecular weight excluding hydrogens is 344 g/mol. The van der Waals surface area contributed by atoms with Crippen LogP contribution in [0.3, 0.4) is 0 Å². The van der Waals surface area contributed by atoms with Gasteiger partial charge < -0.3 is 4.90 Å². The summed E-state index contributed by atoms with van der Waals surface area (Å²) in [6.07, 6.45) is 3.26. The van der Waals surface area contributed by atoms with Crippen molar-refractivity contribution in [1.29, 1.82) is 0 Å². The number of hydrogen-bond donors (Lipinski definition) is 0. The lowest BCUT2D eigenvalue weighted by Crippen LogP contribution is -2.24. The van der Waals surface area contributed by atoms with E-state index in [1.165, 1.54) is 33.2 Å². The van der Waals surface area contributed by atoms with Crippen LogP contribution in [0.5, 0.6) is 0 Å². The minimum Gasteiger partial charge on any atom is -0.364 e. The Hall–Kier alpha value is -1.92. The van der Waals surface area contributed by atoms with E-state index in [-0.39, 0.29) is 5.56 Å². The Labute approximate surface area is 148 Å². The van der Waals surface area contributed by atoms with E-state index in [0.29, 0.717) is 11.5 Å². The van der Waals surface area contributed by atoms with Crippen molar-refractivity contribution >= 4 is 33.6 Å². The number of halogens is 1. The molecular formula is C17H17ClN4OS. The molecule has 1 aliphatic heterocycles. The van der Waals surface area contributed by atoms with Gasteiger partial charge in [-0.15, -0.1) is 0 Å². The number of nitrogens with zero attached hydrogens (tertiary/aromatic N) is 4. The SMILES string of the molecule is Cc1cc(=O)n2nc(CN3CCCCc4c(Cl)cccc43)sc2n1. The Bertz CT molecular complexity index is 965. The van der Waals surface area contributed by atoms with E-state index in [1.54, 1.807) is 0 Å². The molecule has 0 unspecified atom stereocenters. The molecule has 5 nitrogen and oxygen atoms in total. The Morgan fingerprint density at radius 1 is 1.33 bits per heavy atom. The Balaban J connectivity index is 1.72. The van der Waals surface area contributed by atoms with Crippen LogP contribution in [0.4, 0.5) is 5.69 Å². The third-order valence-corrected chi connectivity index (χ3v) is 5.53. The van der Waals surface area contributed by atoms with E-state index >= 15 is 0 Å². The quantitative estimate of drug-likeness (QED) is 0.702. The molecule has 3 heterocycles. The van der Waals surface area contributed by atoms with Crippen molar-refractivity contribution in [3.63, 3.8) is 0 Å². The van der Waals surface area contributed by atoms with Gasteiger partial charge in [0, 0.05) is 29.0 Å². The van der Waals surface area contributed by atoms with E-state index in [0.717, 1.165) is 41.5 Å². The van der Waals surface area contributed by atoms with Gasteiger partial charge >= 0.3 is 0 Å². The molecule has 0 aliphatic carbocycles. The maximum atomic E-state index is 12.0. The van der Waals surface area contributed by atoms with Gasteiger partial charge in [0.05, 0.1) is 6.54 Å². The summed E-state index contributed by atoms with van der Waals surface area (Å²) in [5.74, 6) is 0. The highest BCUT2D eigenvalue weighted by molar-refractivity contribution is 7.16. The van der Waals surface area contributed by atoms with Crippen molar-refractivity contribution in [2.24, 2.45) is 0 Å². The molecule has 4 rings (SSSR count). The first kappa shape index (κ1) is 15.6. The van der Waals surface area contributed by atoms with Crippen molar-refractivity contribution in [3.8, 4) is 0 Å². The number of anilines is 1. The van der Waals surface area contributed by atoms with Crippen LogP contribution in [0.2, 0.25) is 5.02 Å². The lowest BCUT2D eigenvalue weighted by molar-refractivity contribution is 0.706. The fraction of sp³-hybridized carbons (Fsp3) is 0.353. The van der Waals surface area contributed by atoms with Crippen LogP contribution in [0, 0.1) is 6.92 Å². The zero-order valence-corrected chi connectivity index (χ0v) is 14.9. The average molecular weight is 361 g/mol. The Morgan fingerprint density at radius 3 is 3.08 bits per heavy atom. The van der Waals surface area contributed by atoms with Gasteiger partial charge in [-0.25, -0.2) is 4.98 Å². The van der Waals surface area contributed by atoms with Gasteiger partial charge in [0.2, 0.25) is 4.96 Å². The topological polar surface area (TPSA) is 50.5 Å². The summed E-state index contributed by atoms with van der Waals surface area (Å²) in [5.41, 5.74) is 2.99. The van der Waals surface area contributed by atoms with Gasteiger partial charge in [-0.2, -0.15) is 9.61 Å². The lowest BCUT2D eigenvalue weighted by Gasteiger charge is -2.24. The maximum Gasteiger partial charge on any atom is 0.275 e. The normalized spacial score (nSPS) is 14.7. The molecule has 1 aliphatic rings. The fourth-order valence-electron chi connectivity index (χ4n) is 3.17. The minimum absolute atomic E-state index is 0.126. The molecule has 124 valence electrons. The molecule has 0 saturated heterocycles. The number of hydrogen-bond acceptors (Lipinski definition) is 5. The fourth-order valence-corrected chi connectivity index (χ4v) is 4.39. The summed E-state index contributed by atoms with van der Waals surface area (Å²) in [7, 11) is 0. The number of aromatic nitrogens is 3. The first-order valence-electron chi connectivity index (χ1n) is 8.00. The molecule has 7 heteroatoms. The molecule has 0 N–H and O–H groups in total. The van der Waals surface area contributed by atoms with Crippen molar-refractivity contribution in [2.75, 3.05) is 11.4 Å². The largest absolute Gasteiger partial charge is 0.364 e. The van der Waals surface area contributed by atoms with Crippen LogP contribution in [0.15, 0.2) is 29.1 Å². The van der Waals surface area contributed by atoms with Crippen molar-refractivity contribution < 1.29 is 0 Å². The summed E-state index contributed by atoms with van der Waals surface area (Å²) < 4.78 is 1.39. The number of fused-ring (bicyclic) bond motifs is 2. The van der Waals surface area contributed by atoms with Crippen LogP contribution in [-0.4, -0.2) is 21.1 Å². The number of benzene rings is 1. The highest BCUT2D eigenvalue weighted by Gasteiger charge is 2.19. The van der Waals surface area contributed by atoms with Crippen LogP contribution in [-0.2, 0) is 13.0 Å². The van der Waals surface area contributed by atoms with E-state index < -0.39 is 0 Å².